The van der Waals surface area contributed by atoms with Crippen LogP contribution in [-0.4, -0.2) is 29.6 Å². The van der Waals surface area contributed by atoms with E-state index in [4.69, 9.17) is 9.52 Å². The molecule has 0 aliphatic carbocycles. The van der Waals surface area contributed by atoms with Crippen molar-refractivity contribution >= 4 is 5.91 Å². The standard InChI is InChI=1S/C17H17NO3/c1-13-16(8-10-21-13)12-18(2)17(20)15-7-3-5-14(11-15)6-4-9-19/h3,5,7-8,10-11,19H,9,12H2,1-2H3. The van der Waals surface area contributed by atoms with Crippen molar-refractivity contribution in [2.24, 2.45) is 0 Å². The summed E-state index contributed by atoms with van der Waals surface area (Å²) in [5, 5.41) is 8.71. The van der Waals surface area contributed by atoms with E-state index < -0.39 is 0 Å². The number of nitrogens with zero attached hydrogens (tertiary/aromatic N) is 1. The number of hydrogen-bond acceptors (Lipinski definition) is 3. The number of hydrogen-bond donors (Lipinski definition) is 1. The quantitative estimate of drug-likeness (QED) is 0.879. The number of furan rings is 1. The molecule has 2 rings (SSSR count). The summed E-state index contributed by atoms with van der Waals surface area (Å²) in [6.07, 6.45) is 1.62. The second-order valence-corrected chi connectivity index (χ2v) is 4.70. The molecule has 4 nitrogen and oxygen atoms in total. The first-order chi connectivity index (χ1) is 10.1. The highest BCUT2D eigenvalue weighted by Gasteiger charge is 2.14. The van der Waals surface area contributed by atoms with Crippen LogP contribution in [0.5, 0.6) is 0 Å². The minimum atomic E-state index is -0.197. The van der Waals surface area contributed by atoms with Gasteiger partial charge in [-0.1, -0.05) is 17.9 Å². The van der Waals surface area contributed by atoms with Crippen LogP contribution in [0.2, 0.25) is 0 Å². The largest absolute Gasteiger partial charge is 0.469 e. The number of carbonyl (C=O) groups is 1. The van der Waals surface area contributed by atoms with Gasteiger partial charge in [-0.2, -0.15) is 0 Å². The zero-order valence-electron chi connectivity index (χ0n) is 12.1. The molecule has 108 valence electrons. The lowest BCUT2D eigenvalue weighted by atomic mass is 10.1. The molecule has 0 radical (unpaired) electrons. The second-order valence-electron chi connectivity index (χ2n) is 4.70. The Balaban J connectivity index is 2.14. The molecule has 0 saturated carbocycles. The summed E-state index contributed by atoms with van der Waals surface area (Å²) in [4.78, 5) is 14.0. The Bertz CT molecular complexity index is 691. The van der Waals surface area contributed by atoms with Crippen molar-refractivity contribution in [2.45, 2.75) is 13.5 Å². The first kappa shape index (κ1) is 14.9. The van der Waals surface area contributed by atoms with E-state index in [0.717, 1.165) is 11.3 Å². The highest BCUT2D eigenvalue weighted by atomic mass is 16.3. The fraction of sp³-hybridized carbons (Fsp3) is 0.235. The number of benzene rings is 1. The fourth-order valence-electron chi connectivity index (χ4n) is 1.99. The molecule has 0 unspecified atom stereocenters. The molecule has 0 fully saturated rings. The fourth-order valence-corrected chi connectivity index (χ4v) is 1.99. The Morgan fingerprint density at radius 1 is 1.38 bits per heavy atom. The monoisotopic (exact) mass is 283 g/mol. The summed E-state index contributed by atoms with van der Waals surface area (Å²) in [5.74, 6) is 6.11. The molecule has 0 saturated heterocycles. The SMILES string of the molecule is Cc1occc1CN(C)C(=O)c1cccc(C#CCO)c1. The Morgan fingerprint density at radius 2 is 2.19 bits per heavy atom. The molecule has 21 heavy (non-hydrogen) atoms. The first-order valence-corrected chi connectivity index (χ1v) is 6.60. The smallest absolute Gasteiger partial charge is 0.253 e. The Labute approximate surface area is 124 Å². The summed E-state index contributed by atoms with van der Waals surface area (Å²) in [7, 11) is 1.75. The van der Waals surface area contributed by atoms with Crippen LogP contribution in [0.1, 0.15) is 27.2 Å². The maximum Gasteiger partial charge on any atom is 0.253 e. The van der Waals surface area contributed by atoms with Gasteiger partial charge in [0.25, 0.3) is 5.91 Å². The number of aryl methyl sites for hydroxylation is 1. The average Bonchev–Trinajstić information content (AvgIpc) is 2.90. The van der Waals surface area contributed by atoms with Gasteiger partial charge in [0.15, 0.2) is 0 Å². The third-order valence-corrected chi connectivity index (χ3v) is 3.14. The van der Waals surface area contributed by atoms with Gasteiger partial charge < -0.3 is 14.4 Å². The van der Waals surface area contributed by atoms with Crippen molar-refractivity contribution in [1.82, 2.24) is 4.90 Å². The third kappa shape index (κ3) is 3.74. The van der Waals surface area contributed by atoms with Crippen LogP contribution in [-0.2, 0) is 6.54 Å². The van der Waals surface area contributed by atoms with E-state index in [-0.39, 0.29) is 12.5 Å². The molecule has 0 aliphatic heterocycles. The summed E-state index contributed by atoms with van der Waals surface area (Å²) < 4.78 is 5.23. The molecule has 0 spiro atoms. The molecule has 1 aromatic carbocycles. The average molecular weight is 283 g/mol. The van der Waals surface area contributed by atoms with Crippen LogP contribution in [0.25, 0.3) is 0 Å². The van der Waals surface area contributed by atoms with Crippen molar-refractivity contribution in [3.05, 3.63) is 59.0 Å². The molecule has 0 bridgehead atoms. The van der Waals surface area contributed by atoms with Crippen LogP contribution in [0.4, 0.5) is 0 Å². The van der Waals surface area contributed by atoms with Gasteiger partial charge in [-0.3, -0.25) is 4.79 Å². The van der Waals surface area contributed by atoms with E-state index >= 15 is 0 Å². The van der Waals surface area contributed by atoms with Gasteiger partial charge in [0.05, 0.1) is 6.26 Å². The Morgan fingerprint density at radius 3 is 2.86 bits per heavy atom. The van der Waals surface area contributed by atoms with Crippen LogP contribution in [0.15, 0.2) is 41.0 Å². The van der Waals surface area contributed by atoms with E-state index in [1.807, 2.05) is 13.0 Å². The van der Waals surface area contributed by atoms with Gasteiger partial charge >= 0.3 is 0 Å². The molecule has 0 aliphatic rings. The van der Waals surface area contributed by atoms with Gasteiger partial charge in [-0.05, 0) is 31.2 Å². The number of amides is 1. The van der Waals surface area contributed by atoms with E-state index in [1.54, 1.807) is 42.5 Å². The molecule has 2 aromatic rings. The van der Waals surface area contributed by atoms with Gasteiger partial charge in [-0.25, -0.2) is 0 Å². The van der Waals surface area contributed by atoms with Crippen molar-refractivity contribution in [3.8, 4) is 11.8 Å². The van der Waals surface area contributed by atoms with Crippen molar-refractivity contribution in [1.29, 1.82) is 0 Å². The van der Waals surface area contributed by atoms with Crippen molar-refractivity contribution in [2.75, 3.05) is 13.7 Å². The molecule has 1 heterocycles. The molecule has 1 aromatic heterocycles. The lowest BCUT2D eigenvalue weighted by Crippen LogP contribution is -2.26. The van der Waals surface area contributed by atoms with Crippen LogP contribution in [0.3, 0.4) is 0 Å². The van der Waals surface area contributed by atoms with Crippen molar-refractivity contribution in [3.63, 3.8) is 0 Å². The molecular formula is C17H17NO3. The zero-order valence-corrected chi connectivity index (χ0v) is 12.1. The maximum absolute atomic E-state index is 12.4. The van der Waals surface area contributed by atoms with E-state index in [0.29, 0.717) is 17.7 Å². The predicted molar refractivity (Wildman–Crippen MR) is 79.6 cm³/mol. The summed E-state index contributed by atoms with van der Waals surface area (Å²) >= 11 is 0. The van der Waals surface area contributed by atoms with Crippen LogP contribution < -0.4 is 0 Å². The first-order valence-electron chi connectivity index (χ1n) is 6.60. The minimum Gasteiger partial charge on any atom is -0.469 e. The van der Waals surface area contributed by atoms with Gasteiger partial charge in [0.1, 0.15) is 12.4 Å². The maximum atomic E-state index is 12.4. The molecule has 4 heteroatoms. The summed E-state index contributed by atoms with van der Waals surface area (Å²) in [6, 6.07) is 8.93. The van der Waals surface area contributed by atoms with E-state index in [2.05, 4.69) is 11.8 Å². The molecule has 1 amide bonds. The Hall–Kier alpha value is -2.51. The van der Waals surface area contributed by atoms with Gasteiger partial charge in [-0.15, -0.1) is 0 Å². The topological polar surface area (TPSA) is 53.7 Å². The molecule has 0 atom stereocenters. The summed E-state index contributed by atoms with van der Waals surface area (Å²) in [5.41, 5.74) is 2.27. The third-order valence-electron chi connectivity index (χ3n) is 3.14. The van der Waals surface area contributed by atoms with E-state index in [9.17, 15) is 4.79 Å². The van der Waals surface area contributed by atoms with E-state index in [1.165, 1.54) is 0 Å². The minimum absolute atomic E-state index is 0.0803. The number of aliphatic hydroxyl groups is 1. The lowest BCUT2D eigenvalue weighted by Gasteiger charge is -2.17. The second kappa shape index (κ2) is 6.78. The highest BCUT2D eigenvalue weighted by molar-refractivity contribution is 5.94. The molecule has 1 N–H and O–H groups in total. The number of carbonyl (C=O) groups excluding carboxylic acids is 1. The van der Waals surface area contributed by atoms with Crippen molar-refractivity contribution < 1.29 is 14.3 Å². The normalized spacial score (nSPS) is 9.86. The highest BCUT2D eigenvalue weighted by Crippen LogP contribution is 2.13. The van der Waals surface area contributed by atoms with Crippen LogP contribution in [0, 0.1) is 18.8 Å². The number of aliphatic hydroxyl groups excluding tert-OH is 1. The zero-order chi connectivity index (χ0) is 15.2. The Kier molecular flexibility index (Phi) is 4.81. The molecular weight excluding hydrogens is 266 g/mol. The van der Waals surface area contributed by atoms with Gasteiger partial charge in [0, 0.05) is 30.3 Å². The predicted octanol–water partition coefficient (Wildman–Crippen LogP) is 2.20. The van der Waals surface area contributed by atoms with Gasteiger partial charge in [0.2, 0.25) is 0 Å². The summed E-state index contributed by atoms with van der Waals surface area (Å²) in [6.45, 7) is 2.17. The number of rotatable bonds is 3. The van der Waals surface area contributed by atoms with Crippen LogP contribution >= 0.6 is 0 Å². The lowest BCUT2D eigenvalue weighted by molar-refractivity contribution is 0.0784.